The van der Waals surface area contributed by atoms with Gasteiger partial charge in [-0.25, -0.2) is 0 Å². The van der Waals surface area contributed by atoms with Crippen molar-refractivity contribution in [2.24, 2.45) is 0 Å². The van der Waals surface area contributed by atoms with Crippen LogP contribution in [0.2, 0.25) is 0 Å². The summed E-state index contributed by atoms with van der Waals surface area (Å²) in [6.07, 6.45) is 5.68. The lowest BCUT2D eigenvalue weighted by molar-refractivity contribution is 0.345. The second-order valence-corrected chi connectivity index (χ2v) is 3.85. The zero-order valence-corrected chi connectivity index (χ0v) is 8.76. The summed E-state index contributed by atoms with van der Waals surface area (Å²) in [7, 11) is 0. The molecule has 0 aliphatic carbocycles. The van der Waals surface area contributed by atoms with Crippen LogP contribution in [0, 0.1) is 0 Å². The molecule has 16 heavy (non-hydrogen) atoms. The summed E-state index contributed by atoms with van der Waals surface area (Å²) in [5.41, 5.74) is 0.885. The average Bonchev–Trinajstić information content (AvgIpc) is 3.01. The molecule has 0 radical (unpaired) electrons. The van der Waals surface area contributed by atoms with Crippen LogP contribution in [0.15, 0.2) is 29.0 Å². The van der Waals surface area contributed by atoms with Crippen molar-refractivity contribution in [1.29, 1.82) is 0 Å². The minimum absolute atomic E-state index is 0.220. The molecule has 0 unspecified atom stereocenters. The largest absolute Gasteiger partial charge is 0.337 e. The maximum Gasteiger partial charge on any atom is 0.244 e. The van der Waals surface area contributed by atoms with Crippen LogP contribution < -0.4 is 5.32 Å². The van der Waals surface area contributed by atoms with Gasteiger partial charge in [0.05, 0.1) is 6.04 Å². The molecule has 5 heteroatoms. The lowest BCUT2D eigenvalue weighted by Crippen LogP contribution is -2.12. The number of nitrogens with one attached hydrogen (secondary N) is 1. The molecule has 1 N–H and O–H groups in total. The zero-order valence-electron chi connectivity index (χ0n) is 8.76. The van der Waals surface area contributed by atoms with Crippen molar-refractivity contribution in [2.45, 2.75) is 18.9 Å². The second kappa shape index (κ2) is 4.02. The fourth-order valence-corrected chi connectivity index (χ4v) is 1.88. The van der Waals surface area contributed by atoms with Crippen molar-refractivity contribution >= 4 is 0 Å². The van der Waals surface area contributed by atoms with E-state index < -0.39 is 0 Å². The normalized spacial score (nSPS) is 20.1. The molecule has 3 rings (SSSR count). The number of aromatic nitrogens is 3. The van der Waals surface area contributed by atoms with Crippen LogP contribution in [0.1, 0.15) is 24.8 Å². The molecule has 0 amide bonds. The highest BCUT2D eigenvalue weighted by atomic mass is 16.5. The summed E-state index contributed by atoms with van der Waals surface area (Å²) in [6, 6.07) is 4.00. The summed E-state index contributed by atoms with van der Waals surface area (Å²) in [5.74, 6) is 1.29. The van der Waals surface area contributed by atoms with Gasteiger partial charge in [0.25, 0.3) is 0 Å². The lowest BCUT2D eigenvalue weighted by atomic mass is 10.2. The number of hydrogen-bond acceptors (Lipinski definition) is 5. The predicted octanol–water partition coefficient (Wildman–Crippen LogP) is 1.56. The standard InChI is InChI=1S/C11H12N4O/c1-3-8(7-12-5-1)10-14-11(16-15-10)9-4-2-6-13-9/h1,3,5,7,9,13H,2,4,6H2/t9-/m0/s1. The molecule has 0 spiro atoms. The van der Waals surface area contributed by atoms with E-state index in [0.29, 0.717) is 11.7 Å². The Kier molecular flexibility index (Phi) is 2.38. The van der Waals surface area contributed by atoms with E-state index in [1.165, 1.54) is 0 Å². The Labute approximate surface area is 92.9 Å². The molecular formula is C11H12N4O. The van der Waals surface area contributed by atoms with Gasteiger partial charge in [-0.3, -0.25) is 4.98 Å². The highest BCUT2D eigenvalue weighted by Gasteiger charge is 2.22. The molecule has 0 saturated carbocycles. The molecule has 1 aliphatic heterocycles. The summed E-state index contributed by atoms with van der Waals surface area (Å²) >= 11 is 0. The third kappa shape index (κ3) is 1.69. The molecule has 1 saturated heterocycles. The Morgan fingerprint density at radius 3 is 3.19 bits per heavy atom. The Bertz CT molecular complexity index is 462. The first-order valence-corrected chi connectivity index (χ1v) is 5.41. The zero-order chi connectivity index (χ0) is 10.8. The van der Waals surface area contributed by atoms with Crippen LogP contribution >= 0.6 is 0 Å². The predicted molar refractivity (Wildman–Crippen MR) is 57.5 cm³/mol. The van der Waals surface area contributed by atoms with Crippen molar-refractivity contribution in [1.82, 2.24) is 20.4 Å². The van der Waals surface area contributed by atoms with Gasteiger partial charge in [-0.2, -0.15) is 4.98 Å². The van der Waals surface area contributed by atoms with Crippen molar-refractivity contribution < 1.29 is 4.52 Å². The topological polar surface area (TPSA) is 63.8 Å². The first-order chi connectivity index (χ1) is 7.93. The van der Waals surface area contributed by atoms with E-state index in [2.05, 4.69) is 20.4 Å². The highest BCUT2D eigenvalue weighted by Crippen LogP contribution is 2.23. The van der Waals surface area contributed by atoms with Gasteiger partial charge >= 0.3 is 0 Å². The summed E-state index contributed by atoms with van der Waals surface area (Å²) in [6.45, 7) is 1.02. The van der Waals surface area contributed by atoms with E-state index in [1.807, 2.05) is 12.1 Å². The molecular weight excluding hydrogens is 204 g/mol. The fraction of sp³-hybridized carbons (Fsp3) is 0.364. The lowest BCUT2D eigenvalue weighted by Gasteiger charge is -2.01. The molecule has 82 valence electrons. The molecule has 2 aromatic heterocycles. The third-order valence-corrected chi connectivity index (χ3v) is 2.72. The first-order valence-electron chi connectivity index (χ1n) is 5.41. The fourth-order valence-electron chi connectivity index (χ4n) is 1.88. The highest BCUT2D eigenvalue weighted by molar-refractivity contribution is 5.51. The second-order valence-electron chi connectivity index (χ2n) is 3.85. The van der Waals surface area contributed by atoms with E-state index >= 15 is 0 Å². The van der Waals surface area contributed by atoms with Crippen LogP contribution in [-0.2, 0) is 0 Å². The van der Waals surface area contributed by atoms with Crippen LogP contribution in [0.3, 0.4) is 0 Å². The molecule has 0 bridgehead atoms. The Morgan fingerprint density at radius 1 is 1.44 bits per heavy atom. The molecule has 5 nitrogen and oxygen atoms in total. The van der Waals surface area contributed by atoms with Gasteiger partial charge in [-0.05, 0) is 31.5 Å². The van der Waals surface area contributed by atoms with Crippen molar-refractivity contribution in [2.75, 3.05) is 6.54 Å². The third-order valence-electron chi connectivity index (χ3n) is 2.72. The molecule has 1 atom stereocenters. The van der Waals surface area contributed by atoms with Crippen LogP contribution in [-0.4, -0.2) is 21.7 Å². The molecule has 0 aromatic carbocycles. The molecule has 1 fully saturated rings. The van der Waals surface area contributed by atoms with Gasteiger partial charge in [0.2, 0.25) is 11.7 Å². The summed E-state index contributed by atoms with van der Waals surface area (Å²) < 4.78 is 5.25. The Hall–Kier alpha value is -1.75. The van der Waals surface area contributed by atoms with Gasteiger partial charge in [-0.1, -0.05) is 5.16 Å². The minimum atomic E-state index is 0.220. The average molecular weight is 216 g/mol. The minimum Gasteiger partial charge on any atom is -0.337 e. The van der Waals surface area contributed by atoms with E-state index in [0.717, 1.165) is 24.9 Å². The first kappa shape index (κ1) is 9.47. The molecule has 3 heterocycles. The van der Waals surface area contributed by atoms with Crippen molar-refractivity contribution in [3.05, 3.63) is 30.4 Å². The number of nitrogens with zero attached hydrogens (tertiary/aromatic N) is 3. The van der Waals surface area contributed by atoms with Gasteiger partial charge in [0.15, 0.2) is 0 Å². The van der Waals surface area contributed by atoms with Crippen LogP contribution in [0.5, 0.6) is 0 Å². The summed E-state index contributed by atoms with van der Waals surface area (Å²) in [5, 5.41) is 7.29. The number of pyridine rings is 1. The molecule has 2 aromatic rings. The van der Waals surface area contributed by atoms with Crippen molar-refractivity contribution in [3.8, 4) is 11.4 Å². The SMILES string of the molecule is c1cncc(-c2noc([C@@H]3CCCN3)n2)c1. The van der Waals surface area contributed by atoms with Crippen LogP contribution in [0.4, 0.5) is 0 Å². The smallest absolute Gasteiger partial charge is 0.244 e. The maximum atomic E-state index is 5.25. The Balaban J connectivity index is 1.87. The van der Waals surface area contributed by atoms with Gasteiger partial charge < -0.3 is 9.84 Å². The number of rotatable bonds is 2. The maximum absolute atomic E-state index is 5.25. The van der Waals surface area contributed by atoms with Crippen LogP contribution in [0.25, 0.3) is 11.4 Å². The Morgan fingerprint density at radius 2 is 2.44 bits per heavy atom. The van der Waals surface area contributed by atoms with E-state index in [9.17, 15) is 0 Å². The monoisotopic (exact) mass is 216 g/mol. The number of hydrogen-bond donors (Lipinski definition) is 1. The van der Waals surface area contributed by atoms with E-state index in [4.69, 9.17) is 4.52 Å². The quantitative estimate of drug-likeness (QED) is 0.825. The van der Waals surface area contributed by atoms with Gasteiger partial charge in [-0.15, -0.1) is 0 Å². The molecule has 1 aliphatic rings. The van der Waals surface area contributed by atoms with Crippen molar-refractivity contribution in [3.63, 3.8) is 0 Å². The van der Waals surface area contributed by atoms with E-state index in [-0.39, 0.29) is 6.04 Å². The summed E-state index contributed by atoms with van der Waals surface area (Å²) in [4.78, 5) is 8.41. The van der Waals surface area contributed by atoms with E-state index in [1.54, 1.807) is 12.4 Å². The van der Waals surface area contributed by atoms with Gasteiger partial charge in [0.1, 0.15) is 0 Å². The van der Waals surface area contributed by atoms with Gasteiger partial charge in [0, 0.05) is 18.0 Å².